The van der Waals surface area contributed by atoms with Gasteiger partial charge in [-0.1, -0.05) is 0 Å². The van der Waals surface area contributed by atoms with Crippen molar-refractivity contribution in [1.82, 2.24) is 0 Å². The fraction of sp³-hybridized carbons (Fsp3) is 1.00. The molecule has 0 aliphatic rings. The molecule has 5 heteroatoms. The predicted molar refractivity (Wildman–Crippen MR) is 68.4 cm³/mol. The molecule has 16 heavy (non-hydrogen) atoms. The molecule has 0 radical (unpaired) electrons. The van der Waals surface area contributed by atoms with Crippen LogP contribution in [0.4, 0.5) is 0 Å². The van der Waals surface area contributed by atoms with Crippen molar-refractivity contribution in [3.8, 4) is 0 Å². The molecule has 0 rings (SSSR count). The zero-order valence-electron chi connectivity index (χ0n) is 12.0. The third-order valence-electron chi connectivity index (χ3n) is 0. The van der Waals surface area contributed by atoms with Crippen LogP contribution in [0, 0.1) is 0 Å². The molecule has 0 bridgehead atoms. The van der Waals surface area contributed by atoms with Crippen molar-refractivity contribution in [2.75, 3.05) is 20.8 Å². The Balaban J connectivity index is -0.0000000334. The van der Waals surface area contributed by atoms with Gasteiger partial charge in [-0.3, -0.25) is 0 Å². The van der Waals surface area contributed by atoms with E-state index < -0.39 is 5.60 Å². The average molecular weight is 244 g/mol. The Bertz CT molecular complexity index is 60.5. The summed E-state index contributed by atoms with van der Waals surface area (Å²) in [7, 11) is 2.00. The lowest BCUT2D eigenvalue weighted by Gasteiger charge is -2.04. The first kappa shape index (κ1) is 29.7. The minimum absolute atomic E-state index is 0.167. The maximum Gasteiger partial charge on any atom is 0.0563 e. The van der Waals surface area contributed by atoms with Gasteiger partial charge in [0.25, 0.3) is 0 Å². The minimum atomic E-state index is -0.500. The van der Waals surface area contributed by atoms with Crippen LogP contribution in [-0.4, -0.2) is 58.1 Å². The summed E-state index contributed by atoms with van der Waals surface area (Å²) in [5, 5.41) is 38.1. The highest BCUT2D eigenvalue weighted by atomic mass is 16.3. The normalized spacial score (nSPS) is 7.88. The molecule has 0 heterocycles. The van der Waals surface area contributed by atoms with Crippen LogP contribution in [-0.2, 0) is 0 Å². The van der Waals surface area contributed by atoms with E-state index in [1.807, 2.05) is 0 Å². The molecular formula is C11H32O5. The van der Waals surface area contributed by atoms with Crippen LogP contribution >= 0.6 is 0 Å². The number of aliphatic hydroxyl groups excluding tert-OH is 4. The Kier molecular flexibility index (Phi) is 54.4. The van der Waals surface area contributed by atoms with Crippen LogP contribution in [0.3, 0.4) is 0 Å². The summed E-state index contributed by atoms with van der Waals surface area (Å²) in [6.07, 6.45) is -0.167. The van der Waals surface area contributed by atoms with Gasteiger partial charge in [-0.2, -0.15) is 0 Å². The first-order chi connectivity index (χ1) is 7.15. The summed E-state index contributed by atoms with van der Waals surface area (Å²) in [4.78, 5) is 0. The fourth-order valence-corrected chi connectivity index (χ4v) is 0. The molecule has 0 aromatic rings. The van der Waals surface area contributed by atoms with Crippen LogP contribution in [0.2, 0.25) is 0 Å². The van der Waals surface area contributed by atoms with Crippen LogP contribution in [0.5, 0.6) is 0 Å². The predicted octanol–water partition coefficient (Wildman–Crippen LogP) is 0.380. The van der Waals surface area contributed by atoms with Crippen LogP contribution in [0.25, 0.3) is 0 Å². The molecule has 106 valence electrons. The van der Waals surface area contributed by atoms with Crippen LogP contribution < -0.4 is 0 Å². The van der Waals surface area contributed by atoms with Gasteiger partial charge in [-0.25, -0.2) is 0 Å². The van der Waals surface area contributed by atoms with Gasteiger partial charge in [0, 0.05) is 26.9 Å². The second-order valence-corrected chi connectivity index (χ2v) is 3.58. The molecule has 0 atom stereocenters. The summed E-state index contributed by atoms with van der Waals surface area (Å²) in [5.74, 6) is 0. The smallest absolute Gasteiger partial charge is 0.0563 e. The van der Waals surface area contributed by atoms with E-state index in [9.17, 15) is 0 Å². The second-order valence-electron chi connectivity index (χ2n) is 3.58. The SMILES string of the molecule is CC(C)(C)O.CC(C)O.CCO.CO.CO. The van der Waals surface area contributed by atoms with E-state index in [0.717, 1.165) is 14.2 Å². The monoisotopic (exact) mass is 244 g/mol. The van der Waals surface area contributed by atoms with Crippen molar-refractivity contribution in [2.45, 2.75) is 53.2 Å². The van der Waals surface area contributed by atoms with Crippen LogP contribution in [0.15, 0.2) is 0 Å². The van der Waals surface area contributed by atoms with E-state index in [1.54, 1.807) is 41.5 Å². The van der Waals surface area contributed by atoms with Gasteiger partial charge in [-0.15, -0.1) is 0 Å². The van der Waals surface area contributed by atoms with Crippen molar-refractivity contribution in [1.29, 1.82) is 0 Å². The van der Waals surface area contributed by atoms with Crippen LogP contribution in [0.1, 0.15) is 41.5 Å². The lowest BCUT2D eigenvalue weighted by molar-refractivity contribution is 0.102. The number of aliphatic hydroxyl groups is 5. The standard InChI is InChI=1S/C4H10O.C3H8O.C2H6O.2CH4O/c1-4(2,3)5;1-3(2)4;1-2-3;2*1-2/h5H,1-3H3;3-4H,1-2H3;3H,2H2,1H3;2*2H,1H3. The number of hydrogen-bond donors (Lipinski definition) is 5. The van der Waals surface area contributed by atoms with Crippen molar-refractivity contribution in [3.63, 3.8) is 0 Å². The average Bonchev–Trinajstić information content (AvgIpc) is 2.08. The molecule has 0 aliphatic heterocycles. The molecular weight excluding hydrogens is 212 g/mol. The third-order valence-corrected chi connectivity index (χ3v) is 0. The van der Waals surface area contributed by atoms with Gasteiger partial charge < -0.3 is 25.5 Å². The highest BCUT2D eigenvalue weighted by Crippen LogP contribution is 1.93. The zero-order chi connectivity index (χ0) is 14.8. The van der Waals surface area contributed by atoms with Gasteiger partial charge in [0.05, 0.1) is 5.60 Å². The van der Waals surface area contributed by atoms with Gasteiger partial charge in [0.15, 0.2) is 0 Å². The molecule has 0 aliphatic carbocycles. The second kappa shape index (κ2) is 29.3. The molecule has 0 saturated heterocycles. The molecule has 0 fully saturated rings. The highest BCUT2D eigenvalue weighted by molar-refractivity contribution is 4.50. The first-order valence-corrected chi connectivity index (χ1v) is 5.05. The molecule has 0 aromatic heterocycles. The molecule has 0 amide bonds. The summed E-state index contributed by atoms with van der Waals surface area (Å²) in [5.41, 5.74) is -0.500. The van der Waals surface area contributed by atoms with E-state index in [4.69, 9.17) is 25.5 Å². The van der Waals surface area contributed by atoms with E-state index in [2.05, 4.69) is 0 Å². The summed E-state index contributed by atoms with van der Waals surface area (Å²) in [6, 6.07) is 0. The van der Waals surface area contributed by atoms with Crippen molar-refractivity contribution in [2.24, 2.45) is 0 Å². The molecule has 0 saturated carbocycles. The quantitative estimate of drug-likeness (QED) is 0.424. The van der Waals surface area contributed by atoms with E-state index in [-0.39, 0.29) is 12.7 Å². The van der Waals surface area contributed by atoms with E-state index in [0.29, 0.717) is 0 Å². The largest absolute Gasteiger partial charge is 0.400 e. The Labute approximate surface area is 100 Å². The van der Waals surface area contributed by atoms with E-state index in [1.165, 1.54) is 0 Å². The first-order valence-electron chi connectivity index (χ1n) is 5.05. The van der Waals surface area contributed by atoms with Crippen molar-refractivity contribution in [3.05, 3.63) is 0 Å². The van der Waals surface area contributed by atoms with Gasteiger partial charge >= 0.3 is 0 Å². The summed E-state index contributed by atoms with van der Waals surface area (Å²) in [6.45, 7) is 10.6. The Hall–Kier alpha value is -0.200. The van der Waals surface area contributed by atoms with Gasteiger partial charge in [-0.05, 0) is 41.5 Å². The summed E-state index contributed by atoms with van der Waals surface area (Å²) >= 11 is 0. The lowest BCUT2D eigenvalue weighted by Crippen LogP contribution is -2.10. The van der Waals surface area contributed by atoms with Gasteiger partial charge in [0.1, 0.15) is 0 Å². The molecule has 0 unspecified atom stereocenters. The maximum atomic E-state index is 8.52. The number of rotatable bonds is 0. The Morgan fingerprint density at radius 3 is 0.938 bits per heavy atom. The van der Waals surface area contributed by atoms with Crippen molar-refractivity contribution < 1.29 is 25.5 Å². The Morgan fingerprint density at radius 1 is 0.938 bits per heavy atom. The fourth-order valence-electron chi connectivity index (χ4n) is 0. The minimum Gasteiger partial charge on any atom is -0.400 e. The third kappa shape index (κ3) is 56500. The number of hydrogen-bond acceptors (Lipinski definition) is 5. The topological polar surface area (TPSA) is 101 Å². The van der Waals surface area contributed by atoms with Crippen molar-refractivity contribution >= 4 is 0 Å². The molecule has 5 nitrogen and oxygen atoms in total. The Morgan fingerprint density at radius 2 is 0.938 bits per heavy atom. The van der Waals surface area contributed by atoms with Gasteiger partial charge in [0.2, 0.25) is 0 Å². The van der Waals surface area contributed by atoms with E-state index >= 15 is 0 Å². The highest BCUT2D eigenvalue weighted by Gasteiger charge is 1.97. The summed E-state index contributed by atoms with van der Waals surface area (Å²) < 4.78 is 0. The molecule has 0 spiro atoms. The zero-order valence-corrected chi connectivity index (χ0v) is 12.0. The molecule has 5 N–H and O–H groups in total. The maximum absolute atomic E-state index is 8.52. The molecule has 0 aromatic carbocycles. The lowest BCUT2D eigenvalue weighted by atomic mass is 10.2.